The molecule has 2 rings (SSSR count). The highest BCUT2D eigenvalue weighted by molar-refractivity contribution is 7.15. The summed E-state index contributed by atoms with van der Waals surface area (Å²) in [6.45, 7) is -0.0118. The third kappa shape index (κ3) is 3.37. The molecule has 0 saturated heterocycles. The lowest BCUT2D eigenvalue weighted by Crippen LogP contribution is -2.11. The number of aromatic nitrogens is 1. The predicted molar refractivity (Wildman–Crippen MR) is 65.8 cm³/mol. The Morgan fingerprint density at radius 2 is 1.95 bits per heavy atom. The summed E-state index contributed by atoms with van der Waals surface area (Å²) >= 11 is 6.66. The number of hydrogen-bond donors (Lipinski definition) is 1. The lowest BCUT2D eigenvalue weighted by atomic mass is 10.1. The molecule has 0 fully saturated rings. The van der Waals surface area contributed by atoms with Crippen LogP contribution in [-0.4, -0.2) is 4.98 Å². The van der Waals surface area contributed by atoms with Crippen LogP contribution in [0.2, 0.25) is 4.47 Å². The molecule has 0 radical (unpaired) electrons. The first-order valence-electron chi connectivity index (χ1n) is 5.17. The summed E-state index contributed by atoms with van der Waals surface area (Å²) in [6.07, 6.45) is -3.57. The van der Waals surface area contributed by atoms with E-state index in [1.54, 1.807) is 0 Å². The molecule has 2 nitrogen and oxygen atoms in total. The quantitative estimate of drug-likeness (QED) is 0.826. The molecule has 0 unspecified atom stereocenters. The second-order valence-corrected chi connectivity index (χ2v) is 5.44. The maximum atomic E-state index is 13.7. The maximum absolute atomic E-state index is 13.7. The van der Waals surface area contributed by atoms with Gasteiger partial charge in [-0.25, -0.2) is 13.8 Å². The van der Waals surface area contributed by atoms with Crippen molar-refractivity contribution in [3.8, 4) is 0 Å². The molecule has 0 amide bonds. The predicted octanol–water partition coefficient (Wildman–Crippen LogP) is 4.71. The van der Waals surface area contributed by atoms with Crippen molar-refractivity contribution in [1.29, 1.82) is 0 Å². The van der Waals surface area contributed by atoms with Crippen molar-refractivity contribution in [2.45, 2.75) is 12.7 Å². The average molecular weight is 329 g/mol. The number of anilines is 1. The number of halogens is 6. The molecule has 9 heteroatoms. The van der Waals surface area contributed by atoms with Crippen molar-refractivity contribution in [3.05, 3.63) is 44.9 Å². The number of hydrogen-bond acceptors (Lipinski definition) is 3. The molecule has 0 aliphatic rings. The summed E-state index contributed by atoms with van der Waals surface area (Å²) in [5, 5.41) is 2.39. The molecule has 0 spiro atoms. The Bertz CT molecular complexity index is 626. The second kappa shape index (κ2) is 5.53. The second-order valence-electron chi connectivity index (χ2n) is 3.75. The van der Waals surface area contributed by atoms with E-state index in [0.717, 1.165) is 11.3 Å². The molecule has 1 heterocycles. The van der Waals surface area contributed by atoms with Crippen LogP contribution >= 0.6 is 22.9 Å². The summed E-state index contributed by atoms with van der Waals surface area (Å²) < 4.78 is 64.6. The first kappa shape index (κ1) is 15.0. The molecule has 0 bridgehead atoms. The summed E-state index contributed by atoms with van der Waals surface area (Å²) in [5.41, 5.74) is -2.22. The van der Waals surface area contributed by atoms with Gasteiger partial charge in [-0.1, -0.05) is 11.6 Å². The Labute approximate surface area is 119 Å². The topological polar surface area (TPSA) is 24.9 Å². The minimum atomic E-state index is -4.96. The Balaban J connectivity index is 2.25. The van der Waals surface area contributed by atoms with Crippen LogP contribution in [0.15, 0.2) is 18.3 Å². The van der Waals surface area contributed by atoms with Crippen LogP contribution in [0.5, 0.6) is 0 Å². The summed E-state index contributed by atoms with van der Waals surface area (Å²) in [4.78, 5) is 4.30. The van der Waals surface area contributed by atoms with Crippen LogP contribution in [0, 0.1) is 11.6 Å². The molecule has 1 N–H and O–H groups in total. The van der Waals surface area contributed by atoms with Crippen molar-refractivity contribution < 1.29 is 22.0 Å². The van der Waals surface area contributed by atoms with Gasteiger partial charge < -0.3 is 5.32 Å². The highest BCUT2D eigenvalue weighted by Gasteiger charge is 2.35. The molecular formula is C11H6ClF5N2S. The molecule has 0 atom stereocenters. The van der Waals surface area contributed by atoms with Gasteiger partial charge in [-0.2, -0.15) is 13.2 Å². The highest BCUT2D eigenvalue weighted by Crippen LogP contribution is 2.35. The standard InChI is InChI=1S/C11H6ClF5N2S/c12-10-19-4-6(20-10)3-18-8-2-5(13)1-7(9(8)14)11(15,16)17/h1-2,4,18H,3H2. The van der Waals surface area contributed by atoms with Crippen molar-refractivity contribution >= 4 is 28.6 Å². The summed E-state index contributed by atoms with van der Waals surface area (Å²) in [6, 6.07) is 0.775. The van der Waals surface area contributed by atoms with Gasteiger partial charge in [-0.05, 0) is 12.1 Å². The Morgan fingerprint density at radius 3 is 2.50 bits per heavy atom. The van der Waals surface area contributed by atoms with Crippen LogP contribution in [0.1, 0.15) is 10.4 Å². The van der Waals surface area contributed by atoms with E-state index in [2.05, 4.69) is 10.3 Å². The van der Waals surface area contributed by atoms with Crippen LogP contribution in [-0.2, 0) is 12.7 Å². The minimum absolute atomic E-state index is 0.0118. The van der Waals surface area contributed by atoms with Crippen molar-refractivity contribution in [2.24, 2.45) is 0 Å². The van der Waals surface area contributed by atoms with E-state index >= 15 is 0 Å². The van der Waals surface area contributed by atoms with E-state index in [0.29, 0.717) is 10.9 Å². The number of alkyl halides is 3. The van der Waals surface area contributed by atoms with Crippen LogP contribution < -0.4 is 5.32 Å². The first-order valence-corrected chi connectivity index (χ1v) is 6.37. The summed E-state index contributed by atoms with van der Waals surface area (Å²) in [5.74, 6) is -2.72. The third-order valence-electron chi connectivity index (χ3n) is 2.32. The maximum Gasteiger partial charge on any atom is 0.419 e. The molecule has 108 valence electrons. The molecule has 1 aromatic heterocycles. The lowest BCUT2D eigenvalue weighted by molar-refractivity contribution is -0.140. The van der Waals surface area contributed by atoms with Crippen LogP contribution in [0.4, 0.5) is 27.6 Å². The number of nitrogens with one attached hydrogen (secondary N) is 1. The molecule has 2 aromatic rings. The van der Waals surface area contributed by atoms with Crippen molar-refractivity contribution in [3.63, 3.8) is 0 Å². The highest BCUT2D eigenvalue weighted by atomic mass is 35.5. The zero-order valence-corrected chi connectivity index (χ0v) is 11.1. The molecular weight excluding hydrogens is 323 g/mol. The van der Waals surface area contributed by atoms with Gasteiger partial charge in [0.15, 0.2) is 10.3 Å². The Kier molecular flexibility index (Phi) is 4.14. The molecule has 1 aromatic carbocycles. The number of thiazole rings is 1. The van der Waals surface area contributed by atoms with Gasteiger partial charge in [0, 0.05) is 11.1 Å². The van der Waals surface area contributed by atoms with Gasteiger partial charge in [0.2, 0.25) is 0 Å². The Morgan fingerprint density at radius 1 is 1.25 bits per heavy atom. The van der Waals surface area contributed by atoms with E-state index in [9.17, 15) is 22.0 Å². The van der Waals surface area contributed by atoms with Gasteiger partial charge in [0.1, 0.15) is 5.82 Å². The molecule has 0 saturated carbocycles. The summed E-state index contributed by atoms with van der Waals surface area (Å²) in [7, 11) is 0. The first-order chi connectivity index (χ1) is 9.27. The zero-order chi connectivity index (χ0) is 14.9. The lowest BCUT2D eigenvalue weighted by Gasteiger charge is -2.12. The van der Waals surface area contributed by atoms with Crippen molar-refractivity contribution in [1.82, 2.24) is 4.98 Å². The van der Waals surface area contributed by atoms with E-state index in [4.69, 9.17) is 11.6 Å². The Hall–Kier alpha value is -1.41. The number of rotatable bonds is 3. The van der Waals surface area contributed by atoms with Crippen molar-refractivity contribution in [2.75, 3.05) is 5.32 Å². The smallest absolute Gasteiger partial charge is 0.378 e. The van der Waals surface area contributed by atoms with E-state index < -0.39 is 29.1 Å². The fourth-order valence-corrected chi connectivity index (χ4v) is 2.39. The monoisotopic (exact) mass is 328 g/mol. The van der Waals surface area contributed by atoms with Gasteiger partial charge >= 0.3 is 6.18 Å². The van der Waals surface area contributed by atoms with E-state index in [1.165, 1.54) is 6.20 Å². The number of nitrogens with zero attached hydrogens (tertiary/aromatic N) is 1. The zero-order valence-electron chi connectivity index (χ0n) is 9.56. The largest absolute Gasteiger partial charge is 0.419 e. The van der Waals surface area contributed by atoms with Gasteiger partial charge in [0.05, 0.1) is 17.8 Å². The minimum Gasteiger partial charge on any atom is -0.378 e. The van der Waals surface area contributed by atoms with Crippen LogP contribution in [0.25, 0.3) is 0 Å². The average Bonchev–Trinajstić information content (AvgIpc) is 2.74. The normalized spacial score (nSPS) is 11.7. The van der Waals surface area contributed by atoms with Gasteiger partial charge in [-0.15, -0.1) is 11.3 Å². The van der Waals surface area contributed by atoms with Crippen LogP contribution in [0.3, 0.4) is 0 Å². The SMILES string of the molecule is Fc1cc(NCc2cnc(Cl)s2)c(F)c(C(F)(F)F)c1. The molecule has 0 aliphatic heterocycles. The van der Waals surface area contributed by atoms with Gasteiger partial charge in [0.25, 0.3) is 0 Å². The fraction of sp³-hybridized carbons (Fsp3) is 0.182. The van der Waals surface area contributed by atoms with E-state index in [1.807, 2.05) is 0 Å². The molecule has 20 heavy (non-hydrogen) atoms. The number of benzene rings is 1. The molecule has 0 aliphatic carbocycles. The van der Waals surface area contributed by atoms with Gasteiger partial charge in [-0.3, -0.25) is 0 Å². The fourth-order valence-electron chi connectivity index (χ4n) is 1.47. The van der Waals surface area contributed by atoms with E-state index in [-0.39, 0.29) is 17.1 Å². The third-order valence-corrected chi connectivity index (χ3v) is 3.44.